The zero-order valence-electron chi connectivity index (χ0n) is 6.50. The molecule has 2 nitrogen and oxygen atoms in total. The number of hydrogen-bond acceptors (Lipinski definition) is 1. The molecule has 3 atom stereocenters. The summed E-state index contributed by atoms with van der Waals surface area (Å²) in [6.07, 6.45) is 1.37. The van der Waals surface area contributed by atoms with E-state index in [4.69, 9.17) is 0 Å². The van der Waals surface area contributed by atoms with Crippen LogP contribution in [0.25, 0.3) is 0 Å². The second-order valence-corrected chi connectivity index (χ2v) is 3.57. The fraction of sp³-hybridized carbons (Fsp3) is 0.875. The Morgan fingerprint density at radius 1 is 1.60 bits per heavy atom. The zero-order chi connectivity index (χ0) is 7.30. The van der Waals surface area contributed by atoms with Crippen molar-refractivity contribution < 1.29 is 4.79 Å². The van der Waals surface area contributed by atoms with Crippen LogP contribution in [-0.4, -0.2) is 23.4 Å². The van der Waals surface area contributed by atoms with Crippen molar-refractivity contribution in [1.82, 2.24) is 4.90 Å². The van der Waals surface area contributed by atoms with Crippen LogP contribution >= 0.6 is 0 Å². The van der Waals surface area contributed by atoms with Crippen LogP contribution in [0.4, 0.5) is 0 Å². The molecule has 1 amide bonds. The zero-order valence-corrected chi connectivity index (χ0v) is 6.50. The van der Waals surface area contributed by atoms with Crippen LogP contribution in [0.15, 0.2) is 0 Å². The van der Waals surface area contributed by atoms with E-state index in [2.05, 4.69) is 6.92 Å². The van der Waals surface area contributed by atoms with Gasteiger partial charge >= 0.3 is 0 Å². The fourth-order valence-corrected chi connectivity index (χ4v) is 2.14. The van der Waals surface area contributed by atoms with Crippen LogP contribution in [-0.2, 0) is 4.79 Å². The lowest BCUT2D eigenvalue weighted by Gasteiger charge is -2.22. The summed E-state index contributed by atoms with van der Waals surface area (Å²) in [7, 11) is 0. The summed E-state index contributed by atoms with van der Waals surface area (Å²) >= 11 is 0. The van der Waals surface area contributed by atoms with E-state index in [1.807, 2.05) is 4.90 Å². The van der Waals surface area contributed by atoms with Gasteiger partial charge in [-0.2, -0.15) is 0 Å². The van der Waals surface area contributed by atoms with Crippen molar-refractivity contribution in [2.24, 2.45) is 11.8 Å². The predicted molar refractivity (Wildman–Crippen MR) is 38.4 cm³/mol. The smallest absolute Gasteiger partial charge is 0.219 e. The van der Waals surface area contributed by atoms with Crippen molar-refractivity contribution in [1.29, 1.82) is 0 Å². The molecule has 0 unspecified atom stereocenters. The maximum Gasteiger partial charge on any atom is 0.219 e. The van der Waals surface area contributed by atoms with E-state index in [1.165, 1.54) is 6.42 Å². The summed E-state index contributed by atoms with van der Waals surface area (Å²) in [6.45, 7) is 4.86. The molecule has 56 valence electrons. The minimum absolute atomic E-state index is 0.250. The number of piperidine rings is 1. The first-order valence-electron chi connectivity index (χ1n) is 3.97. The summed E-state index contributed by atoms with van der Waals surface area (Å²) in [5.41, 5.74) is 0. The topological polar surface area (TPSA) is 20.3 Å². The van der Waals surface area contributed by atoms with Crippen molar-refractivity contribution in [3.63, 3.8) is 0 Å². The molecule has 1 saturated heterocycles. The number of fused-ring (bicyclic) bond motifs is 1. The van der Waals surface area contributed by atoms with Crippen LogP contribution in [0.2, 0.25) is 0 Å². The Hall–Kier alpha value is -0.530. The Balaban J connectivity index is 2.07. The lowest BCUT2D eigenvalue weighted by Crippen LogP contribution is -2.34. The van der Waals surface area contributed by atoms with Crippen LogP contribution < -0.4 is 0 Å². The maximum absolute atomic E-state index is 10.9. The standard InChI is InChI=1S/C8H13NO/c1-5-8-3-7(8)4-9(5)6(2)10/h5,7-8H,3-4H2,1-2H3/t5-,7-,8+/m1/s1. The number of amides is 1. The monoisotopic (exact) mass is 139 g/mol. The van der Waals surface area contributed by atoms with Gasteiger partial charge in [-0.25, -0.2) is 0 Å². The molecule has 2 aliphatic rings. The molecule has 0 aromatic rings. The predicted octanol–water partition coefficient (Wildman–Crippen LogP) is 0.873. The van der Waals surface area contributed by atoms with Gasteiger partial charge in [0.1, 0.15) is 0 Å². The molecule has 0 spiro atoms. The van der Waals surface area contributed by atoms with Crippen molar-refractivity contribution in [2.45, 2.75) is 26.3 Å². The second-order valence-electron chi connectivity index (χ2n) is 3.57. The Kier molecular flexibility index (Phi) is 1.08. The van der Waals surface area contributed by atoms with Gasteiger partial charge in [0.05, 0.1) is 0 Å². The van der Waals surface area contributed by atoms with Gasteiger partial charge in [0.2, 0.25) is 5.91 Å². The van der Waals surface area contributed by atoms with Crippen LogP contribution in [0.3, 0.4) is 0 Å². The van der Waals surface area contributed by atoms with E-state index in [1.54, 1.807) is 6.92 Å². The number of rotatable bonds is 0. The second kappa shape index (κ2) is 1.74. The van der Waals surface area contributed by atoms with Crippen molar-refractivity contribution in [3.8, 4) is 0 Å². The molecule has 2 heteroatoms. The largest absolute Gasteiger partial charge is 0.340 e. The molecule has 0 aromatic carbocycles. The summed E-state index contributed by atoms with van der Waals surface area (Å²) in [4.78, 5) is 12.9. The summed E-state index contributed by atoms with van der Waals surface area (Å²) in [5.74, 6) is 1.96. The molecule has 1 heterocycles. The molecular weight excluding hydrogens is 126 g/mol. The minimum atomic E-state index is 0.250. The SMILES string of the molecule is CC(=O)N1C[C@H]2C[C@H]2[C@H]1C. The molecular formula is C8H13NO. The van der Waals surface area contributed by atoms with Gasteiger partial charge in [0.15, 0.2) is 0 Å². The Bertz CT molecular complexity index is 178. The Labute approximate surface area is 61.2 Å². The van der Waals surface area contributed by atoms with Gasteiger partial charge < -0.3 is 4.90 Å². The van der Waals surface area contributed by atoms with Gasteiger partial charge in [-0.3, -0.25) is 4.79 Å². The van der Waals surface area contributed by atoms with Crippen LogP contribution in [0, 0.1) is 11.8 Å². The third kappa shape index (κ3) is 0.678. The Morgan fingerprint density at radius 2 is 2.30 bits per heavy atom. The van der Waals surface area contributed by atoms with E-state index in [0.717, 1.165) is 18.4 Å². The fourth-order valence-electron chi connectivity index (χ4n) is 2.14. The number of nitrogens with zero attached hydrogens (tertiary/aromatic N) is 1. The van der Waals surface area contributed by atoms with Gasteiger partial charge in [-0.15, -0.1) is 0 Å². The number of hydrogen-bond donors (Lipinski definition) is 0. The van der Waals surface area contributed by atoms with Gasteiger partial charge in [0, 0.05) is 19.5 Å². The highest BCUT2D eigenvalue weighted by Gasteiger charge is 2.50. The van der Waals surface area contributed by atoms with Crippen LogP contribution in [0.1, 0.15) is 20.3 Å². The molecule has 0 N–H and O–H groups in total. The van der Waals surface area contributed by atoms with E-state index < -0.39 is 0 Å². The van der Waals surface area contributed by atoms with Crippen molar-refractivity contribution in [3.05, 3.63) is 0 Å². The molecule has 10 heavy (non-hydrogen) atoms. The molecule has 1 aliphatic carbocycles. The van der Waals surface area contributed by atoms with Gasteiger partial charge in [-0.1, -0.05) is 0 Å². The van der Waals surface area contributed by atoms with Crippen molar-refractivity contribution in [2.75, 3.05) is 6.54 Å². The van der Waals surface area contributed by atoms with E-state index in [9.17, 15) is 4.79 Å². The first kappa shape index (κ1) is 6.20. The normalized spacial score (nSPS) is 43.4. The number of likely N-dealkylation sites (tertiary alicyclic amines) is 1. The molecule has 2 rings (SSSR count). The lowest BCUT2D eigenvalue weighted by atomic mass is 10.2. The first-order chi connectivity index (χ1) is 4.70. The first-order valence-corrected chi connectivity index (χ1v) is 3.97. The van der Waals surface area contributed by atoms with E-state index in [-0.39, 0.29) is 5.91 Å². The molecule has 1 aliphatic heterocycles. The highest BCUT2D eigenvalue weighted by molar-refractivity contribution is 5.74. The molecule has 0 radical (unpaired) electrons. The lowest BCUT2D eigenvalue weighted by molar-refractivity contribution is -0.130. The quantitative estimate of drug-likeness (QED) is 0.487. The third-order valence-corrected chi connectivity index (χ3v) is 2.92. The third-order valence-electron chi connectivity index (χ3n) is 2.92. The highest BCUT2D eigenvalue weighted by Crippen LogP contribution is 2.49. The molecule has 1 saturated carbocycles. The van der Waals surface area contributed by atoms with Gasteiger partial charge in [0.25, 0.3) is 0 Å². The van der Waals surface area contributed by atoms with E-state index in [0.29, 0.717) is 6.04 Å². The minimum Gasteiger partial charge on any atom is -0.340 e. The summed E-state index contributed by atoms with van der Waals surface area (Å²) < 4.78 is 0. The number of carbonyl (C=O) groups is 1. The number of carbonyl (C=O) groups excluding carboxylic acids is 1. The molecule has 0 bridgehead atoms. The summed E-state index contributed by atoms with van der Waals surface area (Å²) in [5, 5.41) is 0. The molecule has 0 aromatic heterocycles. The summed E-state index contributed by atoms with van der Waals surface area (Å²) in [6, 6.07) is 0.530. The molecule has 2 fully saturated rings. The van der Waals surface area contributed by atoms with Crippen molar-refractivity contribution >= 4 is 5.91 Å². The van der Waals surface area contributed by atoms with Crippen LogP contribution in [0.5, 0.6) is 0 Å². The highest BCUT2D eigenvalue weighted by atomic mass is 16.2. The average Bonchev–Trinajstić information content (AvgIpc) is 2.54. The maximum atomic E-state index is 10.9. The van der Waals surface area contributed by atoms with E-state index >= 15 is 0 Å². The average molecular weight is 139 g/mol. The Morgan fingerprint density at radius 3 is 2.60 bits per heavy atom. The van der Waals surface area contributed by atoms with Gasteiger partial charge in [-0.05, 0) is 25.2 Å².